The molecular formula is C53H50N6O11. The van der Waals surface area contributed by atoms with Crippen molar-refractivity contribution in [3.8, 4) is 29.1 Å². The van der Waals surface area contributed by atoms with Gasteiger partial charge in [0.05, 0.1) is 36.8 Å². The summed E-state index contributed by atoms with van der Waals surface area (Å²) in [5.41, 5.74) is 6.93. The first-order valence-corrected chi connectivity index (χ1v) is 23.0. The molecule has 0 radical (unpaired) electrons. The molecule has 0 unspecified atom stereocenters. The molecule has 0 saturated carbocycles. The normalized spacial score (nSPS) is 23.5. The predicted molar refractivity (Wildman–Crippen MR) is 252 cm³/mol. The number of ether oxygens (including phenoxy) is 5. The summed E-state index contributed by atoms with van der Waals surface area (Å²) in [5.74, 6) is 3.70. The highest BCUT2D eigenvalue weighted by Gasteiger charge is 2.76. The van der Waals surface area contributed by atoms with Crippen LogP contribution in [0.15, 0.2) is 121 Å². The van der Waals surface area contributed by atoms with Gasteiger partial charge in [0, 0.05) is 45.4 Å². The lowest BCUT2D eigenvalue weighted by atomic mass is 9.65. The second kappa shape index (κ2) is 19.2. The molecule has 70 heavy (non-hydrogen) atoms. The van der Waals surface area contributed by atoms with Crippen LogP contribution >= 0.6 is 0 Å². The third-order valence-corrected chi connectivity index (χ3v) is 13.7. The molecule has 3 saturated heterocycles. The van der Waals surface area contributed by atoms with Crippen LogP contribution in [-0.4, -0.2) is 116 Å². The average Bonchev–Trinajstić information content (AvgIpc) is 4.05. The number of carbonyl (C=O) groups is 5. The van der Waals surface area contributed by atoms with Crippen LogP contribution in [0.2, 0.25) is 0 Å². The van der Waals surface area contributed by atoms with Crippen LogP contribution in [0.25, 0.3) is 0 Å². The van der Waals surface area contributed by atoms with Gasteiger partial charge in [-0.1, -0.05) is 90.7 Å². The maximum atomic E-state index is 16.4. The van der Waals surface area contributed by atoms with Crippen LogP contribution in [0.4, 0.5) is 15.3 Å². The zero-order valence-electron chi connectivity index (χ0n) is 38.2. The molecule has 358 valence electrons. The number of imide groups is 1. The number of benzene rings is 5. The molecule has 0 aliphatic carbocycles. The minimum atomic E-state index is -2.06. The van der Waals surface area contributed by atoms with Gasteiger partial charge in [-0.3, -0.25) is 24.2 Å². The molecule has 17 heteroatoms. The Morgan fingerprint density at radius 2 is 1.53 bits per heavy atom. The van der Waals surface area contributed by atoms with Crippen LogP contribution in [0, 0.1) is 17.8 Å². The number of hydrogen-bond acceptors (Lipinski definition) is 13. The topological polar surface area (TPSA) is 203 Å². The van der Waals surface area contributed by atoms with Crippen LogP contribution in [0.3, 0.4) is 0 Å². The van der Waals surface area contributed by atoms with E-state index in [9.17, 15) is 14.7 Å². The number of fused-ring (bicyclic) bond motifs is 4. The van der Waals surface area contributed by atoms with Gasteiger partial charge in [-0.25, -0.2) is 14.5 Å². The summed E-state index contributed by atoms with van der Waals surface area (Å²) in [6, 6.07) is 31.6. The number of amides is 5. The van der Waals surface area contributed by atoms with Gasteiger partial charge >= 0.3 is 18.1 Å². The molecule has 5 aliphatic rings. The number of anilines is 1. The van der Waals surface area contributed by atoms with E-state index in [0.717, 1.165) is 16.0 Å². The van der Waals surface area contributed by atoms with Crippen molar-refractivity contribution < 1.29 is 52.8 Å². The first kappa shape index (κ1) is 45.9. The molecule has 1 spiro atoms. The fraction of sp³-hybridized carbons (Fsp3) is 0.302. The molecule has 5 aliphatic heterocycles. The number of aromatic hydroxyl groups is 1. The Balaban J connectivity index is 1.17. The largest absolute Gasteiger partial charge is 0.508 e. The summed E-state index contributed by atoms with van der Waals surface area (Å²) in [6.07, 6.45) is -1.94. The SMILES string of the molecule is COCCOC(=O)N1C(=O)[C@@]2(c3cc(C#CCNC(N)=O)ccc31)[C@H](C(=O)N1CCN(Cc3ccc4c(c3)OCO4)CC1)[C@H]1C(=O)O[C@H](c3ccccc3)[C@H](c3ccccc3)N1[C@@H]2c1ccc(O)cc1. The molecule has 17 nitrogen and oxygen atoms in total. The van der Waals surface area contributed by atoms with Gasteiger partial charge in [0.15, 0.2) is 11.5 Å². The first-order chi connectivity index (χ1) is 34.1. The molecule has 5 heterocycles. The smallest absolute Gasteiger partial charge is 0.421 e. The van der Waals surface area contributed by atoms with Crippen molar-refractivity contribution in [2.24, 2.45) is 11.7 Å². The van der Waals surface area contributed by atoms with E-state index < -0.39 is 65.5 Å². The lowest BCUT2D eigenvalue weighted by Gasteiger charge is -2.46. The Morgan fingerprint density at radius 1 is 0.814 bits per heavy atom. The van der Waals surface area contributed by atoms with Crippen molar-refractivity contribution in [3.63, 3.8) is 0 Å². The van der Waals surface area contributed by atoms with Gasteiger partial charge < -0.3 is 44.7 Å². The van der Waals surface area contributed by atoms with Crippen molar-refractivity contribution in [1.29, 1.82) is 0 Å². The van der Waals surface area contributed by atoms with Crippen LogP contribution in [0.5, 0.6) is 17.2 Å². The van der Waals surface area contributed by atoms with Gasteiger partial charge in [0.1, 0.15) is 29.9 Å². The number of nitrogens with one attached hydrogen (secondary N) is 1. The summed E-state index contributed by atoms with van der Waals surface area (Å²) < 4.78 is 28.6. The van der Waals surface area contributed by atoms with Crippen molar-refractivity contribution in [1.82, 2.24) is 20.0 Å². The van der Waals surface area contributed by atoms with Crippen molar-refractivity contribution >= 4 is 35.6 Å². The molecule has 10 rings (SSSR count). The quantitative estimate of drug-likeness (QED) is 0.0968. The molecule has 0 bridgehead atoms. The van der Waals surface area contributed by atoms with Crippen LogP contribution in [0.1, 0.15) is 51.6 Å². The van der Waals surface area contributed by atoms with Gasteiger partial charge in [-0.15, -0.1) is 0 Å². The molecule has 3 fully saturated rings. The van der Waals surface area contributed by atoms with Gasteiger partial charge in [0.25, 0.3) is 0 Å². The molecular weight excluding hydrogens is 897 g/mol. The van der Waals surface area contributed by atoms with Crippen molar-refractivity contribution in [2.75, 3.05) is 64.7 Å². The average molecular weight is 947 g/mol. The van der Waals surface area contributed by atoms with E-state index in [-0.39, 0.29) is 56.6 Å². The lowest BCUT2D eigenvalue weighted by Crippen LogP contribution is -2.59. The van der Waals surface area contributed by atoms with Gasteiger partial charge in [-0.05, 0) is 70.3 Å². The predicted octanol–water partition coefficient (Wildman–Crippen LogP) is 4.93. The zero-order valence-corrected chi connectivity index (χ0v) is 38.2. The summed E-state index contributed by atoms with van der Waals surface area (Å²) in [7, 11) is 1.45. The molecule has 4 N–H and O–H groups in total. The number of esters is 1. The Bertz CT molecular complexity index is 2880. The number of hydrogen-bond donors (Lipinski definition) is 3. The number of piperazine rings is 1. The monoisotopic (exact) mass is 946 g/mol. The van der Waals surface area contributed by atoms with E-state index in [1.54, 1.807) is 35.2 Å². The lowest BCUT2D eigenvalue weighted by molar-refractivity contribution is -0.179. The zero-order chi connectivity index (χ0) is 48.5. The fourth-order valence-corrected chi connectivity index (χ4v) is 10.8. The van der Waals surface area contributed by atoms with Gasteiger partial charge in [-0.2, -0.15) is 0 Å². The molecule has 6 atom stereocenters. The number of phenols is 1. The number of phenolic OH excluding ortho intramolecular Hbond substituents is 1. The number of urea groups is 1. The fourth-order valence-electron chi connectivity index (χ4n) is 10.8. The Labute approximate surface area is 403 Å². The second-order valence-corrected chi connectivity index (χ2v) is 17.6. The van der Waals surface area contributed by atoms with Crippen molar-refractivity contribution in [3.05, 3.63) is 155 Å². The number of rotatable bonds is 10. The van der Waals surface area contributed by atoms with E-state index in [1.165, 1.54) is 19.2 Å². The number of primary amides is 1. The highest BCUT2D eigenvalue weighted by molar-refractivity contribution is 6.23. The summed E-state index contributed by atoms with van der Waals surface area (Å²) >= 11 is 0. The van der Waals surface area contributed by atoms with E-state index in [2.05, 4.69) is 22.1 Å². The number of nitrogens with zero attached hydrogens (tertiary/aromatic N) is 4. The summed E-state index contributed by atoms with van der Waals surface area (Å²) in [5, 5.41) is 13.2. The summed E-state index contributed by atoms with van der Waals surface area (Å²) in [6.45, 7) is 1.91. The minimum Gasteiger partial charge on any atom is -0.508 e. The maximum Gasteiger partial charge on any atom is 0.421 e. The number of morpholine rings is 1. The van der Waals surface area contributed by atoms with Crippen LogP contribution in [-0.2, 0) is 40.6 Å². The van der Waals surface area contributed by atoms with E-state index in [0.29, 0.717) is 47.8 Å². The highest BCUT2D eigenvalue weighted by Crippen LogP contribution is 2.66. The standard InChI is InChI=1S/C53H50N6O11/c1-66-27-28-67-52(65)58-40-20-14-33(9-8-22-55-51(54)64)29-39(40)53(50(58)63)43(48(61)57-25-23-56(24-26-57)31-34-15-21-41-42(30-34)69-32-68-41)45-49(62)70-46(36-12-6-3-7-13-36)44(35-10-4-2-5-11-35)59(45)47(53)37-16-18-38(60)19-17-37/h2-7,10-21,29-30,43-47,60H,22-28,31-32H2,1H3,(H3,54,55,64)/t43-,44-,45-,46+,47+,53-/m0/s1. The van der Waals surface area contributed by atoms with Crippen LogP contribution < -0.4 is 25.4 Å². The third-order valence-electron chi connectivity index (χ3n) is 13.7. The molecule has 0 aromatic heterocycles. The Morgan fingerprint density at radius 3 is 2.24 bits per heavy atom. The first-order valence-electron chi connectivity index (χ1n) is 23.0. The Hall–Kier alpha value is -7.91. The Kier molecular flexibility index (Phi) is 12.6. The minimum absolute atomic E-state index is 0.0405. The van der Waals surface area contributed by atoms with E-state index in [4.69, 9.17) is 29.4 Å². The molecule has 5 aromatic rings. The number of carbonyl (C=O) groups excluding carboxylic acids is 5. The number of methoxy groups -OCH3 is 1. The van der Waals surface area contributed by atoms with Gasteiger partial charge in [0.2, 0.25) is 18.6 Å². The maximum absolute atomic E-state index is 16.4. The third kappa shape index (κ3) is 8.19. The van der Waals surface area contributed by atoms with E-state index >= 15 is 14.4 Å². The molecule has 5 amide bonds. The van der Waals surface area contributed by atoms with E-state index in [1.807, 2.05) is 83.8 Å². The summed E-state index contributed by atoms with van der Waals surface area (Å²) in [4.78, 5) is 80.9. The number of cyclic esters (lactones) is 1. The molecule has 5 aromatic carbocycles. The number of nitrogens with two attached hydrogens (primary N) is 1. The second-order valence-electron chi connectivity index (χ2n) is 17.6. The van der Waals surface area contributed by atoms with Crippen molar-refractivity contribution in [2.45, 2.75) is 36.2 Å². The highest BCUT2D eigenvalue weighted by atomic mass is 16.7.